The molecule has 2 heterocycles. The van der Waals surface area contributed by atoms with E-state index in [1.165, 1.54) is 7.11 Å². The molecule has 238 valence electrons. The van der Waals surface area contributed by atoms with E-state index in [2.05, 4.69) is 11.9 Å². The Hall–Kier alpha value is -3.27. The van der Waals surface area contributed by atoms with Crippen molar-refractivity contribution in [1.82, 2.24) is 15.3 Å². The van der Waals surface area contributed by atoms with E-state index in [-0.39, 0.29) is 83.0 Å². The van der Waals surface area contributed by atoms with Crippen molar-refractivity contribution < 1.29 is 57.2 Å². The Morgan fingerprint density at radius 1 is 0.833 bits per heavy atom. The number of nitrogens with one attached hydrogen (secondary N) is 1. The maximum atomic E-state index is 12.8. The zero-order chi connectivity index (χ0) is 30.8. The number of methoxy groups -OCH3 is 2. The Balaban J connectivity index is 1.81. The quantitative estimate of drug-likeness (QED) is 0.127. The number of hydrogen-bond donors (Lipinski definition) is 1. The van der Waals surface area contributed by atoms with Crippen molar-refractivity contribution in [2.75, 3.05) is 73.5 Å². The Bertz CT molecular complexity index is 872. The average molecular weight is 602 g/mol. The summed E-state index contributed by atoms with van der Waals surface area (Å²) in [6.45, 7) is 5.46. The summed E-state index contributed by atoms with van der Waals surface area (Å²) in [7, 11) is 3.08. The summed E-state index contributed by atoms with van der Waals surface area (Å²) in [5.41, 5.74) is 0.407. The minimum absolute atomic E-state index is 0.0199. The van der Waals surface area contributed by atoms with Gasteiger partial charge in [0.05, 0.1) is 31.9 Å². The van der Waals surface area contributed by atoms with Gasteiger partial charge in [-0.05, 0) is 12.8 Å². The minimum atomic E-state index is -1.09. The van der Waals surface area contributed by atoms with E-state index < -0.39 is 17.8 Å². The maximum absolute atomic E-state index is 12.8. The smallest absolute Gasteiger partial charge is 0.407 e. The topological polar surface area (TPSA) is 168 Å². The molecule has 2 aliphatic heterocycles. The minimum Gasteiger partial charge on any atom is -0.463 e. The van der Waals surface area contributed by atoms with Crippen molar-refractivity contribution >= 4 is 29.8 Å². The molecule has 0 aliphatic carbocycles. The normalized spacial score (nSPS) is 16.3. The Labute approximate surface area is 245 Å². The lowest BCUT2D eigenvalue weighted by Crippen LogP contribution is -2.50. The van der Waals surface area contributed by atoms with Crippen molar-refractivity contribution in [2.24, 2.45) is 0 Å². The molecular weight excluding hydrogens is 558 g/mol. The molecule has 0 bridgehead atoms. The molecule has 0 aromatic heterocycles. The number of ether oxygens (including phenoxy) is 6. The predicted molar refractivity (Wildman–Crippen MR) is 144 cm³/mol. The zero-order valence-corrected chi connectivity index (χ0v) is 24.5. The summed E-state index contributed by atoms with van der Waals surface area (Å²) >= 11 is 0. The van der Waals surface area contributed by atoms with E-state index in [9.17, 15) is 24.0 Å². The predicted octanol–water partition coefficient (Wildman–Crippen LogP) is 1.06. The van der Waals surface area contributed by atoms with Gasteiger partial charge in [0.1, 0.15) is 13.2 Å². The number of nitrogens with zero attached hydrogens (tertiary/aromatic N) is 2. The van der Waals surface area contributed by atoms with Gasteiger partial charge in [-0.1, -0.05) is 6.58 Å². The van der Waals surface area contributed by atoms with Crippen molar-refractivity contribution in [2.45, 2.75) is 57.2 Å². The molecule has 2 saturated heterocycles. The molecule has 0 unspecified atom stereocenters. The van der Waals surface area contributed by atoms with Crippen molar-refractivity contribution in [3.8, 4) is 0 Å². The molecule has 0 saturated carbocycles. The highest BCUT2D eigenvalue weighted by atomic mass is 16.7. The Kier molecular flexibility index (Phi) is 15.8. The van der Waals surface area contributed by atoms with Crippen molar-refractivity contribution in [3.63, 3.8) is 0 Å². The van der Waals surface area contributed by atoms with Crippen LogP contribution in [0.15, 0.2) is 12.3 Å². The summed E-state index contributed by atoms with van der Waals surface area (Å²) in [5.74, 6) is -2.75. The van der Waals surface area contributed by atoms with E-state index in [1.54, 1.807) is 12.0 Å². The number of alkyl carbamates (subject to hydrolysis) is 1. The number of allylic oxidation sites excluding steroid dienone is 1. The van der Waals surface area contributed by atoms with Crippen LogP contribution < -0.4 is 5.32 Å². The lowest BCUT2D eigenvalue weighted by molar-refractivity contribution is -0.262. The number of hydroxylamine groups is 2. The van der Waals surface area contributed by atoms with Gasteiger partial charge < -0.3 is 43.5 Å². The number of likely N-dealkylation sites (tertiary alicyclic amines) is 1. The number of piperidine rings is 1. The molecule has 0 aromatic carbocycles. The summed E-state index contributed by atoms with van der Waals surface area (Å²) in [6, 6.07) is 0. The van der Waals surface area contributed by atoms with Crippen LogP contribution in [-0.2, 0) is 52.4 Å². The van der Waals surface area contributed by atoms with E-state index in [1.807, 2.05) is 0 Å². The molecule has 0 aromatic rings. The van der Waals surface area contributed by atoms with Crippen LogP contribution in [-0.4, -0.2) is 119 Å². The van der Waals surface area contributed by atoms with Crippen LogP contribution in [0.5, 0.6) is 0 Å². The van der Waals surface area contributed by atoms with Crippen LogP contribution >= 0.6 is 0 Å². The third kappa shape index (κ3) is 12.7. The van der Waals surface area contributed by atoms with Gasteiger partial charge in [-0.25, -0.2) is 9.59 Å². The number of esters is 1. The van der Waals surface area contributed by atoms with Gasteiger partial charge in [0.25, 0.3) is 5.91 Å². The highest BCUT2D eigenvalue weighted by molar-refractivity contribution is 5.84. The molecule has 42 heavy (non-hydrogen) atoms. The first kappa shape index (κ1) is 34.9. The monoisotopic (exact) mass is 601 g/mol. The Morgan fingerprint density at radius 3 is 2.12 bits per heavy atom. The molecule has 1 N–H and O–H groups in total. The van der Waals surface area contributed by atoms with Crippen LogP contribution in [0.2, 0.25) is 0 Å². The van der Waals surface area contributed by atoms with Gasteiger partial charge >= 0.3 is 18.0 Å². The summed E-state index contributed by atoms with van der Waals surface area (Å²) in [4.78, 5) is 66.9. The summed E-state index contributed by atoms with van der Waals surface area (Å²) in [5, 5.41) is 3.42. The fourth-order valence-electron chi connectivity index (χ4n) is 4.17. The van der Waals surface area contributed by atoms with Gasteiger partial charge in [-0.3, -0.25) is 14.4 Å². The van der Waals surface area contributed by atoms with E-state index in [0.717, 1.165) is 5.06 Å². The number of hydrogen-bond acceptors (Lipinski definition) is 12. The molecule has 0 radical (unpaired) electrons. The van der Waals surface area contributed by atoms with Crippen LogP contribution in [0.25, 0.3) is 0 Å². The first-order valence-electron chi connectivity index (χ1n) is 14.0. The highest BCUT2D eigenvalue weighted by Crippen LogP contribution is 2.29. The SMILES string of the molecule is C=C1CCC(=O)N1OC(=O)CCC(=O)N1CCC(OCCOC(=O)CCCOC)(OCCOC(=O)NCCOC)CC1. The van der Waals surface area contributed by atoms with Crippen molar-refractivity contribution in [3.05, 3.63) is 12.3 Å². The lowest BCUT2D eigenvalue weighted by Gasteiger charge is -2.41. The van der Waals surface area contributed by atoms with Crippen LogP contribution in [0.3, 0.4) is 0 Å². The highest BCUT2D eigenvalue weighted by Gasteiger charge is 2.38. The number of amides is 3. The van der Waals surface area contributed by atoms with Gasteiger partial charge in [-0.2, -0.15) is 0 Å². The number of carbonyl (C=O) groups excluding carboxylic acids is 5. The van der Waals surface area contributed by atoms with Crippen molar-refractivity contribution in [1.29, 1.82) is 0 Å². The van der Waals surface area contributed by atoms with E-state index >= 15 is 0 Å². The fourth-order valence-corrected chi connectivity index (χ4v) is 4.17. The van der Waals surface area contributed by atoms with Gasteiger partial charge in [0, 0.05) is 72.6 Å². The Morgan fingerprint density at radius 2 is 1.50 bits per heavy atom. The number of carbonyl (C=O) groups is 5. The van der Waals surface area contributed by atoms with Gasteiger partial charge in [0.2, 0.25) is 5.91 Å². The molecule has 0 atom stereocenters. The van der Waals surface area contributed by atoms with Crippen LogP contribution in [0.4, 0.5) is 4.79 Å². The lowest BCUT2D eigenvalue weighted by atomic mass is 10.0. The number of rotatable bonds is 19. The standard InChI is InChI=1S/C27H43N3O12/c1-21-6-7-23(32)30(21)42-25(34)9-8-22(31)29-13-10-27(11-14-29,40-19-17-38-24(33)5-4-15-36-2)41-20-18-39-26(35)28-12-16-37-3/h1,4-20H2,2-3H3,(H,28,35). The maximum Gasteiger partial charge on any atom is 0.407 e. The van der Waals surface area contributed by atoms with E-state index in [0.29, 0.717) is 51.1 Å². The van der Waals surface area contributed by atoms with Crippen LogP contribution in [0, 0.1) is 0 Å². The molecule has 3 amide bonds. The molecule has 2 aliphatic rings. The second-order valence-corrected chi connectivity index (χ2v) is 9.58. The second kappa shape index (κ2) is 19.0. The molecule has 2 fully saturated rings. The van der Waals surface area contributed by atoms with Gasteiger partial charge in [0.15, 0.2) is 5.79 Å². The first-order chi connectivity index (χ1) is 20.2. The third-order valence-corrected chi connectivity index (χ3v) is 6.45. The van der Waals surface area contributed by atoms with E-state index in [4.69, 9.17) is 33.3 Å². The third-order valence-electron chi connectivity index (χ3n) is 6.45. The van der Waals surface area contributed by atoms with Gasteiger partial charge in [-0.15, -0.1) is 5.06 Å². The largest absolute Gasteiger partial charge is 0.463 e. The van der Waals surface area contributed by atoms with Crippen LogP contribution in [0.1, 0.15) is 51.4 Å². The average Bonchev–Trinajstić information content (AvgIpc) is 3.29. The first-order valence-corrected chi connectivity index (χ1v) is 14.0. The zero-order valence-electron chi connectivity index (χ0n) is 24.5. The summed E-state index contributed by atoms with van der Waals surface area (Å²) in [6.07, 6.45) is 1.15. The summed E-state index contributed by atoms with van der Waals surface area (Å²) < 4.78 is 32.1. The second-order valence-electron chi connectivity index (χ2n) is 9.58. The molecule has 0 spiro atoms. The fraction of sp³-hybridized carbons (Fsp3) is 0.741. The molecule has 2 rings (SSSR count). The molecule has 15 nitrogen and oxygen atoms in total. The molecule has 15 heteroatoms. The molecular formula is C27H43N3O12.